The third-order valence-electron chi connectivity index (χ3n) is 3.72. The third-order valence-corrected chi connectivity index (χ3v) is 4.83. The maximum absolute atomic E-state index is 12.4. The van der Waals surface area contributed by atoms with Gasteiger partial charge in [-0.05, 0) is 38.1 Å². The minimum atomic E-state index is -3.36. The zero-order valence-corrected chi connectivity index (χ0v) is 15.0. The molecular weight excluding hydrogens is 326 g/mol. The van der Waals surface area contributed by atoms with Crippen LogP contribution in [0, 0.1) is 6.92 Å². The van der Waals surface area contributed by atoms with Crippen molar-refractivity contribution in [2.24, 2.45) is 0 Å². The summed E-state index contributed by atoms with van der Waals surface area (Å²) in [5.74, 6) is 0.356. The number of hydrogen-bond acceptors (Lipinski definition) is 4. The molecule has 0 aliphatic heterocycles. The molecular formula is C18H21NO4S. The van der Waals surface area contributed by atoms with E-state index in [-0.39, 0.29) is 16.8 Å². The molecule has 0 saturated heterocycles. The first-order valence-electron chi connectivity index (χ1n) is 7.48. The number of sulfone groups is 1. The molecule has 6 heteroatoms. The largest absolute Gasteiger partial charge is 0.496 e. The number of amides is 1. The third kappa shape index (κ3) is 4.14. The van der Waals surface area contributed by atoms with Gasteiger partial charge < -0.3 is 10.1 Å². The normalized spacial score (nSPS) is 12.5. The maximum atomic E-state index is 12.4. The second-order valence-electron chi connectivity index (χ2n) is 5.74. The van der Waals surface area contributed by atoms with Crippen molar-refractivity contribution in [3.63, 3.8) is 0 Å². The molecule has 0 radical (unpaired) electrons. The Kier molecular flexibility index (Phi) is 5.29. The first-order valence-corrected chi connectivity index (χ1v) is 9.37. The summed E-state index contributed by atoms with van der Waals surface area (Å²) in [6.07, 6.45) is 1.12. The number of carbonyl (C=O) groups excluding carboxylic acids is 1. The van der Waals surface area contributed by atoms with Gasteiger partial charge in [-0.3, -0.25) is 4.79 Å². The van der Waals surface area contributed by atoms with E-state index in [4.69, 9.17) is 4.74 Å². The lowest BCUT2D eigenvalue weighted by molar-refractivity contribution is 0.0939. The summed E-state index contributed by atoms with van der Waals surface area (Å²) in [6, 6.07) is 11.5. The van der Waals surface area contributed by atoms with E-state index in [0.29, 0.717) is 11.3 Å². The summed E-state index contributed by atoms with van der Waals surface area (Å²) in [6.45, 7) is 3.82. The van der Waals surface area contributed by atoms with Crippen LogP contribution in [0.2, 0.25) is 0 Å². The second-order valence-corrected chi connectivity index (χ2v) is 7.76. The summed E-state index contributed by atoms with van der Waals surface area (Å²) >= 11 is 0. The number of ether oxygens (including phenoxy) is 1. The first kappa shape index (κ1) is 18.0. The van der Waals surface area contributed by atoms with Crippen molar-refractivity contribution in [1.29, 1.82) is 0 Å². The molecule has 0 heterocycles. The zero-order chi connectivity index (χ0) is 17.9. The molecule has 128 valence electrons. The van der Waals surface area contributed by atoms with Gasteiger partial charge in [-0.1, -0.05) is 23.8 Å². The summed E-state index contributed by atoms with van der Waals surface area (Å²) in [5.41, 5.74) is 2.23. The molecule has 0 aromatic heterocycles. The molecule has 0 spiro atoms. The predicted octanol–water partition coefficient (Wildman–Crippen LogP) is 2.90. The van der Waals surface area contributed by atoms with Crippen molar-refractivity contribution in [3.05, 3.63) is 59.2 Å². The zero-order valence-electron chi connectivity index (χ0n) is 14.2. The Morgan fingerprint density at radius 1 is 1.17 bits per heavy atom. The molecule has 0 bridgehead atoms. The van der Waals surface area contributed by atoms with E-state index in [1.54, 1.807) is 19.2 Å². The van der Waals surface area contributed by atoms with E-state index in [1.807, 2.05) is 32.0 Å². The number of carbonyl (C=O) groups is 1. The standard InChI is InChI=1S/C18H21NO4S/c1-12-8-9-17(23-3)16(10-12)13(2)19-18(20)14-6-5-7-15(11-14)24(4,21)22/h5-11,13H,1-4H3,(H,19,20)/t13-/m0/s1. The monoisotopic (exact) mass is 347 g/mol. The molecule has 2 aromatic carbocycles. The average Bonchev–Trinajstić information content (AvgIpc) is 2.54. The molecule has 5 nitrogen and oxygen atoms in total. The van der Waals surface area contributed by atoms with Gasteiger partial charge in [0.15, 0.2) is 9.84 Å². The fourth-order valence-corrected chi connectivity index (χ4v) is 3.08. The molecule has 1 amide bonds. The van der Waals surface area contributed by atoms with Gasteiger partial charge in [0.25, 0.3) is 5.91 Å². The van der Waals surface area contributed by atoms with Crippen LogP contribution in [0.25, 0.3) is 0 Å². The van der Waals surface area contributed by atoms with Crippen molar-refractivity contribution in [2.45, 2.75) is 24.8 Å². The molecule has 0 saturated carbocycles. The minimum absolute atomic E-state index is 0.121. The van der Waals surface area contributed by atoms with E-state index < -0.39 is 9.84 Å². The van der Waals surface area contributed by atoms with Crippen molar-refractivity contribution >= 4 is 15.7 Å². The quantitative estimate of drug-likeness (QED) is 0.903. The van der Waals surface area contributed by atoms with Crippen LogP contribution < -0.4 is 10.1 Å². The number of nitrogens with one attached hydrogen (secondary N) is 1. The number of hydrogen-bond donors (Lipinski definition) is 1. The van der Waals surface area contributed by atoms with Gasteiger partial charge in [0, 0.05) is 17.4 Å². The molecule has 1 N–H and O–H groups in total. The Balaban J connectivity index is 2.25. The van der Waals surface area contributed by atoms with E-state index in [9.17, 15) is 13.2 Å². The Morgan fingerprint density at radius 3 is 2.50 bits per heavy atom. The summed E-state index contributed by atoms with van der Waals surface area (Å²) < 4.78 is 28.6. The van der Waals surface area contributed by atoms with E-state index in [0.717, 1.165) is 17.4 Å². The van der Waals surface area contributed by atoms with Crippen molar-refractivity contribution < 1.29 is 17.9 Å². The van der Waals surface area contributed by atoms with Gasteiger partial charge in [0.1, 0.15) is 5.75 Å². The minimum Gasteiger partial charge on any atom is -0.496 e. The molecule has 0 fully saturated rings. The lowest BCUT2D eigenvalue weighted by Crippen LogP contribution is -2.27. The molecule has 2 aromatic rings. The van der Waals surface area contributed by atoms with E-state index in [2.05, 4.69) is 5.32 Å². The van der Waals surface area contributed by atoms with Gasteiger partial charge in [-0.25, -0.2) is 8.42 Å². The van der Waals surface area contributed by atoms with Crippen LogP contribution in [0.1, 0.15) is 34.5 Å². The van der Waals surface area contributed by atoms with Crippen molar-refractivity contribution in [3.8, 4) is 5.75 Å². The van der Waals surface area contributed by atoms with Crippen molar-refractivity contribution in [2.75, 3.05) is 13.4 Å². The fraction of sp³-hybridized carbons (Fsp3) is 0.278. The van der Waals surface area contributed by atoms with Crippen molar-refractivity contribution in [1.82, 2.24) is 5.32 Å². The molecule has 1 atom stereocenters. The Hall–Kier alpha value is -2.34. The highest BCUT2D eigenvalue weighted by molar-refractivity contribution is 7.90. The highest BCUT2D eigenvalue weighted by Gasteiger charge is 2.17. The Labute approximate surface area is 142 Å². The lowest BCUT2D eigenvalue weighted by Gasteiger charge is -2.18. The second kappa shape index (κ2) is 7.05. The predicted molar refractivity (Wildman–Crippen MR) is 93.2 cm³/mol. The number of rotatable bonds is 5. The number of methoxy groups -OCH3 is 1. The van der Waals surface area contributed by atoms with Crippen LogP contribution in [0.3, 0.4) is 0 Å². The van der Waals surface area contributed by atoms with Crippen LogP contribution in [0.4, 0.5) is 0 Å². The fourth-order valence-electron chi connectivity index (χ4n) is 2.42. The van der Waals surface area contributed by atoms with Gasteiger partial charge in [0.2, 0.25) is 0 Å². The van der Waals surface area contributed by atoms with Crippen LogP contribution >= 0.6 is 0 Å². The van der Waals surface area contributed by atoms with E-state index in [1.165, 1.54) is 12.1 Å². The van der Waals surface area contributed by atoms with Crippen LogP contribution in [0.15, 0.2) is 47.4 Å². The van der Waals surface area contributed by atoms with Gasteiger partial charge in [0.05, 0.1) is 18.0 Å². The van der Waals surface area contributed by atoms with Crippen LogP contribution in [-0.2, 0) is 9.84 Å². The topological polar surface area (TPSA) is 72.5 Å². The Bertz CT molecular complexity index is 859. The number of aryl methyl sites for hydroxylation is 1. The summed E-state index contributed by atoms with van der Waals surface area (Å²) in [5, 5.41) is 2.88. The average molecular weight is 347 g/mol. The van der Waals surface area contributed by atoms with Crippen LogP contribution in [-0.4, -0.2) is 27.7 Å². The van der Waals surface area contributed by atoms with Gasteiger partial charge in [-0.15, -0.1) is 0 Å². The maximum Gasteiger partial charge on any atom is 0.251 e. The Morgan fingerprint density at radius 2 is 1.88 bits per heavy atom. The molecule has 0 aliphatic rings. The molecule has 24 heavy (non-hydrogen) atoms. The highest BCUT2D eigenvalue weighted by Crippen LogP contribution is 2.26. The molecule has 0 unspecified atom stereocenters. The molecule has 2 rings (SSSR count). The lowest BCUT2D eigenvalue weighted by atomic mass is 10.0. The highest BCUT2D eigenvalue weighted by atomic mass is 32.2. The van der Waals surface area contributed by atoms with Gasteiger partial charge in [-0.2, -0.15) is 0 Å². The van der Waals surface area contributed by atoms with Crippen LogP contribution in [0.5, 0.6) is 5.75 Å². The summed E-state index contributed by atoms with van der Waals surface area (Å²) in [4.78, 5) is 12.6. The van der Waals surface area contributed by atoms with E-state index >= 15 is 0 Å². The SMILES string of the molecule is COc1ccc(C)cc1[C@H](C)NC(=O)c1cccc(S(C)(=O)=O)c1. The first-order chi connectivity index (χ1) is 11.2. The molecule has 0 aliphatic carbocycles. The summed E-state index contributed by atoms with van der Waals surface area (Å²) in [7, 11) is -1.77. The van der Waals surface area contributed by atoms with Gasteiger partial charge >= 0.3 is 0 Å². The number of benzene rings is 2. The smallest absolute Gasteiger partial charge is 0.251 e.